The van der Waals surface area contributed by atoms with Crippen molar-refractivity contribution in [2.75, 3.05) is 7.11 Å². The van der Waals surface area contributed by atoms with Gasteiger partial charge in [0.15, 0.2) is 0 Å². The summed E-state index contributed by atoms with van der Waals surface area (Å²) >= 11 is 3.29. The van der Waals surface area contributed by atoms with Crippen molar-refractivity contribution in [1.29, 1.82) is 0 Å². The molecule has 0 fully saturated rings. The second kappa shape index (κ2) is 5.35. The minimum atomic E-state index is 0.266. The molecule has 2 aromatic rings. The highest BCUT2D eigenvalue weighted by Gasteiger charge is 2.08. The summed E-state index contributed by atoms with van der Waals surface area (Å²) in [5.74, 6) is 1.19. The number of aryl methyl sites for hydroxylation is 2. The second-order valence-corrected chi connectivity index (χ2v) is 4.74. The minimum Gasteiger partial charge on any atom is -0.480 e. The van der Waals surface area contributed by atoms with Crippen molar-refractivity contribution in [3.63, 3.8) is 0 Å². The van der Waals surface area contributed by atoms with Crippen molar-refractivity contribution in [3.05, 3.63) is 40.0 Å². The maximum Gasteiger partial charge on any atom is 0.325 e. The number of rotatable bonds is 3. The van der Waals surface area contributed by atoms with Crippen LogP contribution in [-0.2, 0) is 0 Å². The van der Waals surface area contributed by atoms with E-state index in [-0.39, 0.29) is 6.01 Å². The van der Waals surface area contributed by atoms with Gasteiger partial charge in [0.2, 0.25) is 5.88 Å². The van der Waals surface area contributed by atoms with Crippen LogP contribution in [0.4, 0.5) is 0 Å². The van der Waals surface area contributed by atoms with Crippen LogP contribution in [0.3, 0.4) is 0 Å². The number of hydrogen-bond donors (Lipinski definition) is 0. The van der Waals surface area contributed by atoms with Gasteiger partial charge in [-0.25, -0.2) is 4.98 Å². The molecular formula is C13H13BrN2O2. The zero-order valence-corrected chi connectivity index (χ0v) is 12.0. The molecule has 1 aromatic heterocycles. The molecule has 0 radical (unpaired) electrons. The van der Waals surface area contributed by atoms with Gasteiger partial charge in [0.25, 0.3) is 0 Å². The summed E-state index contributed by atoms with van der Waals surface area (Å²) in [7, 11) is 1.55. The van der Waals surface area contributed by atoms with Crippen LogP contribution in [0, 0.1) is 13.8 Å². The molecule has 0 saturated heterocycles. The van der Waals surface area contributed by atoms with Crippen molar-refractivity contribution < 1.29 is 9.47 Å². The fourth-order valence-corrected chi connectivity index (χ4v) is 1.89. The van der Waals surface area contributed by atoms with E-state index in [1.807, 2.05) is 32.0 Å². The third kappa shape index (κ3) is 2.79. The first-order valence-corrected chi connectivity index (χ1v) is 6.21. The predicted molar refractivity (Wildman–Crippen MR) is 72.3 cm³/mol. The van der Waals surface area contributed by atoms with Crippen molar-refractivity contribution in [1.82, 2.24) is 9.97 Å². The van der Waals surface area contributed by atoms with Crippen LogP contribution in [0.5, 0.6) is 17.6 Å². The minimum absolute atomic E-state index is 0.266. The van der Waals surface area contributed by atoms with Gasteiger partial charge in [-0.15, -0.1) is 0 Å². The Labute approximate surface area is 114 Å². The van der Waals surface area contributed by atoms with E-state index in [2.05, 4.69) is 25.9 Å². The Hall–Kier alpha value is -1.62. The van der Waals surface area contributed by atoms with Crippen LogP contribution >= 0.6 is 15.9 Å². The van der Waals surface area contributed by atoms with Crippen LogP contribution in [0.25, 0.3) is 0 Å². The highest BCUT2D eigenvalue weighted by Crippen LogP contribution is 2.27. The number of hydrogen-bond acceptors (Lipinski definition) is 4. The lowest BCUT2D eigenvalue weighted by Crippen LogP contribution is -1.96. The standard InChI is InChI=1S/C13H13BrN2O2/c1-8-4-5-11(9(2)6-8)18-13-15-7-10(14)12(16-13)17-3/h4-7H,1-3H3. The predicted octanol–water partition coefficient (Wildman–Crippen LogP) is 3.66. The Bertz CT molecular complexity index is 573. The Morgan fingerprint density at radius 2 is 2.00 bits per heavy atom. The molecule has 1 aromatic carbocycles. The molecule has 2 rings (SSSR count). The van der Waals surface area contributed by atoms with Gasteiger partial charge in [-0.2, -0.15) is 4.98 Å². The van der Waals surface area contributed by atoms with Crippen molar-refractivity contribution in [2.45, 2.75) is 13.8 Å². The first kappa shape index (κ1) is 12.8. The molecule has 0 aliphatic carbocycles. The fraction of sp³-hybridized carbons (Fsp3) is 0.231. The third-order valence-corrected chi connectivity index (χ3v) is 2.96. The molecule has 1 heterocycles. The molecule has 0 unspecified atom stereocenters. The monoisotopic (exact) mass is 308 g/mol. The van der Waals surface area contributed by atoms with Gasteiger partial charge in [0, 0.05) is 0 Å². The summed E-state index contributed by atoms with van der Waals surface area (Å²) in [6, 6.07) is 6.20. The van der Waals surface area contributed by atoms with E-state index in [0.717, 1.165) is 11.3 Å². The quantitative estimate of drug-likeness (QED) is 0.868. The summed E-state index contributed by atoms with van der Waals surface area (Å²) in [5, 5.41) is 0. The molecule has 0 N–H and O–H groups in total. The first-order chi connectivity index (χ1) is 8.60. The van der Waals surface area contributed by atoms with E-state index in [4.69, 9.17) is 9.47 Å². The van der Waals surface area contributed by atoms with Crippen LogP contribution in [0.2, 0.25) is 0 Å². The average Bonchev–Trinajstić information content (AvgIpc) is 2.35. The van der Waals surface area contributed by atoms with Gasteiger partial charge in [-0.05, 0) is 41.4 Å². The average molecular weight is 309 g/mol. The highest BCUT2D eigenvalue weighted by atomic mass is 79.9. The number of methoxy groups -OCH3 is 1. The number of nitrogens with zero attached hydrogens (tertiary/aromatic N) is 2. The largest absolute Gasteiger partial charge is 0.480 e. The smallest absolute Gasteiger partial charge is 0.325 e. The van der Waals surface area contributed by atoms with E-state index in [9.17, 15) is 0 Å². The van der Waals surface area contributed by atoms with E-state index in [0.29, 0.717) is 10.4 Å². The molecule has 0 aliphatic heterocycles. The van der Waals surface area contributed by atoms with E-state index in [1.165, 1.54) is 5.56 Å². The van der Waals surface area contributed by atoms with Gasteiger partial charge < -0.3 is 9.47 Å². The first-order valence-electron chi connectivity index (χ1n) is 5.42. The van der Waals surface area contributed by atoms with E-state index >= 15 is 0 Å². The van der Waals surface area contributed by atoms with Crippen LogP contribution in [-0.4, -0.2) is 17.1 Å². The van der Waals surface area contributed by atoms with Crippen LogP contribution < -0.4 is 9.47 Å². The van der Waals surface area contributed by atoms with Crippen molar-refractivity contribution >= 4 is 15.9 Å². The summed E-state index contributed by atoms with van der Waals surface area (Å²) in [6.45, 7) is 4.02. The molecule has 5 heteroatoms. The number of halogens is 1. The maximum atomic E-state index is 5.64. The van der Waals surface area contributed by atoms with E-state index < -0.39 is 0 Å². The molecular weight excluding hydrogens is 296 g/mol. The fourth-order valence-electron chi connectivity index (χ4n) is 1.54. The summed E-state index contributed by atoms with van der Waals surface area (Å²) in [6.07, 6.45) is 1.60. The summed E-state index contributed by atoms with van der Waals surface area (Å²) in [4.78, 5) is 8.23. The van der Waals surface area contributed by atoms with Gasteiger partial charge >= 0.3 is 6.01 Å². The van der Waals surface area contributed by atoms with Crippen LogP contribution in [0.1, 0.15) is 11.1 Å². The molecule has 18 heavy (non-hydrogen) atoms. The molecule has 0 amide bonds. The molecule has 0 saturated carbocycles. The number of benzene rings is 1. The zero-order chi connectivity index (χ0) is 13.1. The lowest BCUT2D eigenvalue weighted by atomic mass is 10.1. The lowest BCUT2D eigenvalue weighted by molar-refractivity contribution is 0.373. The van der Waals surface area contributed by atoms with Crippen molar-refractivity contribution in [3.8, 4) is 17.6 Å². The Balaban J connectivity index is 2.28. The lowest BCUT2D eigenvalue weighted by Gasteiger charge is -2.08. The van der Waals surface area contributed by atoms with Gasteiger partial charge in [-0.1, -0.05) is 17.7 Å². The summed E-state index contributed by atoms with van der Waals surface area (Å²) in [5.41, 5.74) is 2.23. The van der Waals surface area contributed by atoms with Gasteiger partial charge in [0.1, 0.15) is 5.75 Å². The highest BCUT2D eigenvalue weighted by molar-refractivity contribution is 9.10. The molecule has 0 aliphatic rings. The second-order valence-electron chi connectivity index (χ2n) is 3.88. The molecule has 0 atom stereocenters. The summed E-state index contributed by atoms with van der Waals surface area (Å²) < 4.78 is 11.4. The van der Waals surface area contributed by atoms with Gasteiger partial charge in [-0.3, -0.25) is 0 Å². The Morgan fingerprint density at radius 3 is 2.67 bits per heavy atom. The zero-order valence-electron chi connectivity index (χ0n) is 10.4. The van der Waals surface area contributed by atoms with Crippen molar-refractivity contribution in [2.24, 2.45) is 0 Å². The molecule has 94 valence electrons. The topological polar surface area (TPSA) is 44.2 Å². The number of aromatic nitrogens is 2. The van der Waals surface area contributed by atoms with E-state index in [1.54, 1.807) is 13.3 Å². The molecule has 4 nitrogen and oxygen atoms in total. The Kier molecular flexibility index (Phi) is 3.81. The normalized spacial score (nSPS) is 10.2. The molecule has 0 bridgehead atoms. The number of ether oxygens (including phenoxy) is 2. The van der Waals surface area contributed by atoms with Gasteiger partial charge in [0.05, 0.1) is 17.8 Å². The Morgan fingerprint density at radius 1 is 1.22 bits per heavy atom. The molecule has 0 spiro atoms. The SMILES string of the molecule is COc1nc(Oc2ccc(C)cc2C)ncc1Br. The maximum absolute atomic E-state index is 5.64. The third-order valence-electron chi connectivity index (χ3n) is 2.41. The van der Waals surface area contributed by atoms with Crippen LogP contribution in [0.15, 0.2) is 28.9 Å².